The van der Waals surface area contributed by atoms with Gasteiger partial charge in [0.15, 0.2) is 0 Å². The summed E-state index contributed by atoms with van der Waals surface area (Å²) in [6.45, 7) is 5.88. The first-order valence-electron chi connectivity index (χ1n) is 7.28. The van der Waals surface area contributed by atoms with E-state index < -0.39 is 0 Å². The molecule has 0 spiro atoms. The van der Waals surface area contributed by atoms with Crippen LogP contribution in [0.5, 0.6) is 0 Å². The summed E-state index contributed by atoms with van der Waals surface area (Å²) < 4.78 is 5.44. The Labute approximate surface area is 114 Å². The number of ether oxygens (including phenoxy) is 1. The van der Waals surface area contributed by atoms with Crippen molar-refractivity contribution in [3.8, 4) is 0 Å². The quantitative estimate of drug-likeness (QED) is 0.828. The fourth-order valence-corrected chi connectivity index (χ4v) is 2.77. The number of nitrogens with zero attached hydrogens (tertiary/aromatic N) is 1. The molecule has 0 saturated carbocycles. The molecule has 2 rings (SSSR count). The second kappa shape index (κ2) is 6.37. The molecule has 5 heteroatoms. The van der Waals surface area contributed by atoms with Crippen molar-refractivity contribution in [2.45, 2.75) is 51.7 Å². The zero-order valence-electron chi connectivity index (χ0n) is 11.9. The lowest BCUT2D eigenvalue weighted by atomic mass is 9.96. The minimum atomic E-state index is -0.271. The third-order valence-corrected chi connectivity index (χ3v) is 3.74. The molecule has 2 aliphatic heterocycles. The van der Waals surface area contributed by atoms with E-state index in [9.17, 15) is 9.59 Å². The summed E-state index contributed by atoms with van der Waals surface area (Å²) in [4.78, 5) is 26.1. The van der Waals surface area contributed by atoms with Crippen molar-refractivity contribution in [1.29, 1.82) is 0 Å². The van der Waals surface area contributed by atoms with Gasteiger partial charge in [0.25, 0.3) is 5.91 Å². The van der Waals surface area contributed by atoms with Crippen LogP contribution in [0.3, 0.4) is 0 Å². The highest BCUT2D eigenvalue weighted by Gasteiger charge is 2.33. The van der Waals surface area contributed by atoms with Crippen LogP contribution in [0.4, 0.5) is 0 Å². The predicted molar refractivity (Wildman–Crippen MR) is 71.6 cm³/mol. The number of piperidine rings is 1. The number of hydrogen-bond acceptors (Lipinski definition) is 3. The maximum absolute atomic E-state index is 12.3. The first-order valence-corrected chi connectivity index (χ1v) is 7.28. The largest absolute Gasteiger partial charge is 0.368 e. The monoisotopic (exact) mass is 268 g/mol. The number of likely N-dealkylation sites (tertiary alicyclic amines) is 1. The average Bonchev–Trinajstić information content (AvgIpc) is 2.91. The van der Waals surface area contributed by atoms with E-state index in [0.29, 0.717) is 13.2 Å². The Morgan fingerprint density at radius 3 is 2.68 bits per heavy atom. The van der Waals surface area contributed by atoms with Gasteiger partial charge in [0.1, 0.15) is 6.10 Å². The fourth-order valence-electron chi connectivity index (χ4n) is 2.77. The van der Waals surface area contributed by atoms with Crippen LogP contribution in [-0.2, 0) is 14.3 Å². The molecule has 108 valence electrons. The standard InChI is InChI=1S/C14H24N2O3/c1-10(2)15-13(17)11-5-3-7-16(9-11)14(18)12-6-4-8-19-12/h10-12H,3-9H2,1-2H3,(H,15,17). The van der Waals surface area contributed by atoms with Crippen LogP contribution in [0.25, 0.3) is 0 Å². The van der Waals surface area contributed by atoms with E-state index in [4.69, 9.17) is 4.74 Å². The Hall–Kier alpha value is -1.10. The van der Waals surface area contributed by atoms with Crippen LogP contribution in [0.15, 0.2) is 0 Å². The van der Waals surface area contributed by atoms with E-state index in [1.807, 2.05) is 18.7 Å². The number of rotatable bonds is 3. The highest BCUT2D eigenvalue weighted by atomic mass is 16.5. The van der Waals surface area contributed by atoms with Gasteiger partial charge >= 0.3 is 0 Å². The molecule has 2 atom stereocenters. The number of nitrogens with one attached hydrogen (secondary N) is 1. The minimum absolute atomic E-state index is 0.0681. The van der Waals surface area contributed by atoms with Gasteiger partial charge in [-0.2, -0.15) is 0 Å². The van der Waals surface area contributed by atoms with Gasteiger partial charge in [-0.05, 0) is 39.5 Å². The average molecular weight is 268 g/mol. The van der Waals surface area contributed by atoms with Crippen molar-refractivity contribution in [2.24, 2.45) is 5.92 Å². The van der Waals surface area contributed by atoms with Gasteiger partial charge in [0.2, 0.25) is 5.91 Å². The van der Waals surface area contributed by atoms with Crippen LogP contribution in [0.1, 0.15) is 39.5 Å². The van der Waals surface area contributed by atoms with Crippen LogP contribution in [0, 0.1) is 5.92 Å². The Morgan fingerprint density at radius 2 is 2.05 bits per heavy atom. The number of carbonyl (C=O) groups is 2. The summed E-state index contributed by atoms with van der Waals surface area (Å²) in [5.74, 6) is 0.0703. The Bertz CT molecular complexity index is 338. The zero-order chi connectivity index (χ0) is 13.8. The van der Waals surface area contributed by atoms with Crippen LogP contribution < -0.4 is 5.32 Å². The smallest absolute Gasteiger partial charge is 0.251 e. The van der Waals surface area contributed by atoms with E-state index in [1.165, 1.54) is 0 Å². The maximum Gasteiger partial charge on any atom is 0.251 e. The first kappa shape index (κ1) is 14.3. The topological polar surface area (TPSA) is 58.6 Å². The minimum Gasteiger partial charge on any atom is -0.368 e. The zero-order valence-corrected chi connectivity index (χ0v) is 11.9. The SMILES string of the molecule is CC(C)NC(=O)C1CCCN(C(=O)C2CCCO2)C1. The molecule has 0 bridgehead atoms. The first-order chi connectivity index (χ1) is 9.08. The third kappa shape index (κ3) is 3.69. The molecule has 2 unspecified atom stereocenters. The molecule has 5 nitrogen and oxygen atoms in total. The molecule has 0 aromatic rings. The summed E-state index contributed by atoms with van der Waals surface area (Å²) in [5.41, 5.74) is 0. The molecule has 0 aliphatic carbocycles. The second-order valence-corrected chi connectivity index (χ2v) is 5.79. The molecule has 2 fully saturated rings. The van der Waals surface area contributed by atoms with Gasteiger partial charge in [-0.25, -0.2) is 0 Å². The number of carbonyl (C=O) groups excluding carboxylic acids is 2. The molecule has 1 N–H and O–H groups in total. The third-order valence-electron chi connectivity index (χ3n) is 3.74. The van der Waals surface area contributed by atoms with Crippen LogP contribution >= 0.6 is 0 Å². The van der Waals surface area contributed by atoms with E-state index in [-0.39, 0.29) is 29.9 Å². The normalized spacial score (nSPS) is 27.6. The summed E-state index contributed by atoms with van der Waals surface area (Å²) in [7, 11) is 0. The number of hydrogen-bond donors (Lipinski definition) is 1. The number of amides is 2. The van der Waals surface area contributed by atoms with E-state index in [1.54, 1.807) is 0 Å². The molecule has 0 radical (unpaired) electrons. The summed E-state index contributed by atoms with van der Waals surface area (Å²) in [6.07, 6.45) is 3.27. The molecule has 2 saturated heterocycles. The van der Waals surface area contributed by atoms with E-state index in [0.717, 1.165) is 32.2 Å². The van der Waals surface area contributed by atoms with E-state index >= 15 is 0 Å². The molecule has 2 heterocycles. The van der Waals surface area contributed by atoms with Crippen molar-refractivity contribution in [2.75, 3.05) is 19.7 Å². The Kier molecular flexibility index (Phi) is 4.80. The molecule has 0 aromatic carbocycles. The van der Waals surface area contributed by atoms with Crippen LogP contribution in [0.2, 0.25) is 0 Å². The second-order valence-electron chi connectivity index (χ2n) is 5.79. The van der Waals surface area contributed by atoms with Crippen molar-refractivity contribution >= 4 is 11.8 Å². The van der Waals surface area contributed by atoms with Gasteiger partial charge < -0.3 is 15.0 Å². The Morgan fingerprint density at radius 1 is 1.26 bits per heavy atom. The maximum atomic E-state index is 12.3. The molecular weight excluding hydrogens is 244 g/mol. The van der Waals surface area contributed by atoms with Crippen molar-refractivity contribution in [1.82, 2.24) is 10.2 Å². The highest BCUT2D eigenvalue weighted by Crippen LogP contribution is 2.21. The summed E-state index contributed by atoms with van der Waals surface area (Å²) in [6, 6.07) is 0.150. The lowest BCUT2D eigenvalue weighted by Crippen LogP contribution is -2.49. The predicted octanol–water partition coefficient (Wildman–Crippen LogP) is 0.929. The lowest BCUT2D eigenvalue weighted by Gasteiger charge is -2.33. The summed E-state index contributed by atoms with van der Waals surface area (Å²) >= 11 is 0. The fraction of sp³-hybridized carbons (Fsp3) is 0.857. The van der Waals surface area contributed by atoms with Gasteiger partial charge in [-0.15, -0.1) is 0 Å². The van der Waals surface area contributed by atoms with Gasteiger partial charge in [-0.1, -0.05) is 0 Å². The molecule has 2 amide bonds. The van der Waals surface area contributed by atoms with Crippen molar-refractivity contribution < 1.29 is 14.3 Å². The molecule has 19 heavy (non-hydrogen) atoms. The van der Waals surface area contributed by atoms with Gasteiger partial charge in [-0.3, -0.25) is 9.59 Å². The van der Waals surface area contributed by atoms with Crippen molar-refractivity contribution in [3.05, 3.63) is 0 Å². The van der Waals surface area contributed by atoms with E-state index in [2.05, 4.69) is 5.32 Å². The summed E-state index contributed by atoms with van der Waals surface area (Å²) in [5, 5.41) is 2.93. The lowest BCUT2D eigenvalue weighted by molar-refractivity contribution is -0.144. The van der Waals surface area contributed by atoms with Crippen molar-refractivity contribution in [3.63, 3.8) is 0 Å². The van der Waals surface area contributed by atoms with Crippen LogP contribution in [-0.4, -0.2) is 48.6 Å². The van der Waals surface area contributed by atoms with Gasteiger partial charge in [0, 0.05) is 25.7 Å². The van der Waals surface area contributed by atoms with Gasteiger partial charge in [0.05, 0.1) is 5.92 Å². The highest BCUT2D eigenvalue weighted by molar-refractivity contribution is 5.83. The Balaban J connectivity index is 1.89. The molecule has 0 aromatic heterocycles. The molecule has 2 aliphatic rings. The molecular formula is C14H24N2O3.